The Morgan fingerprint density at radius 3 is 2.38 bits per heavy atom. The number of rotatable bonds is 18. The van der Waals surface area contributed by atoms with Crippen molar-refractivity contribution in [3.05, 3.63) is 12.2 Å². The quantitative estimate of drug-likeness (QED) is 0.151. The number of ketones is 2. The molecule has 0 aromatic heterocycles. The van der Waals surface area contributed by atoms with Crippen molar-refractivity contribution < 1.29 is 38.4 Å². The Bertz CT molecular complexity index is 799. The van der Waals surface area contributed by atoms with Crippen molar-refractivity contribution in [1.82, 2.24) is 0 Å². The fraction of sp³-hybridized carbons (Fsp3) is 0.844. The molecule has 2 unspecified atom stereocenters. The van der Waals surface area contributed by atoms with Gasteiger partial charge in [0.25, 0.3) is 0 Å². The Labute approximate surface area is 240 Å². The second kappa shape index (κ2) is 18.0. The first-order valence-corrected chi connectivity index (χ1v) is 15.8. The predicted octanol–water partition coefficient (Wildman–Crippen LogP) is 6.39. The molecule has 1 saturated carbocycles. The summed E-state index contributed by atoms with van der Waals surface area (Å²) < 4.78 is 24.5. The molecule has 0 bridgehead atoms. The molecule has 0 aromatic rings. The fourth-order valence-corrected chi connectivity index (χ4v) is 6.08. The lowest BCUT2D eigenvalue weighted by atomic mass is 9.87. The Kier molecular flexibility index (Phi) is 14.8. The minimum Gasteiger partial charge on any atom is -0.481 e. The summed E-state index contributed by atoms with van der Waals surface area (Å²) in [5, 5.41) is 8.87. The van der Waals surface area contributed by atoms with Crippen LogP contribution in [0, 0.1) is 17.8 Å². The Hall–Kier alpha value is -1.61. The lowest BCUT2D eigenvalue weighted by Gasteiger charge is -2.30. The molecule has 7 atom stereocenters. The van der Waals surface area contributed by atoms with Crippen molar-refractivity contribution in [2.75, 3.05) is 13.2 Å². The number of unbranched alkanes of at least 4 members (excludes halogenated alkanes) is 2. The van der Waals surface area contributed by atoms with E-state index in [2.05, 4.69) is 26.0 Å². The summed E-state index contributed by atoms with van der Waals surface area (Å²) in [6.45, 7) is 5.85. The molecule has 0 amide bonds. The number of aliphatic carboxylic acids is 1. The monoisotopic (exact) mass is 564 g/mol. The summed E-state index contributed by atoms with van der Waals surface area (Å²) in [6.07, 6.45) is 15.2. The molecule has 8 nitrogen and oxygen atoms in total. The van der Waals surface area contributed by atoms with Crippen LogP contribution in [0.3, 0.4) is 0 Å². The smallest absolute Gasteiger partial charge is 0.303 e. The zero-order valence-electron chi connectivity index (χ0n) is 24.7. The molecule has 0 spiro atoms. The van der Waals surface area contributed by atoms with Gasteiger partial charge in [0.2, 0.25) is 0 Å². The molecule has 8 heteroatoms. The lowest BCUT2D eigenvalue weighted by molar-refractivity contribution is -0.192. The highest BCUT2D eigenvalue weighted by Crippen LogP contribution is 2.37. The molecule has 0 aromatic carbocycles. The van der Waals surface area contributed by atoms with Gasteiger partial charge in [-0.2, -0.15) is 0 Å². The maximum absolute atomic E-state index is 13.2. The number of carbonyl (C=O) groups excluding carboxylic acids is 2. The van der Waals surface area contributed by atoms with E-state index >= 15 is 0 Å². The molecule has 0 radical (unpaired) electrons. The van der Waals surface area contributed by atoms with Gasteiger partial charge in [0.15, 0.2) is 12.6 Å². The van der Waals surface area contributed by atoms with Crippen molar-refractivity contribution >= 4 is 17.5 Å². The first kappa shape index (κ1) is 32.9. The number of ether oxygens (including phenoxy) is 4. The molecule has 3 rings (SSSR count). The topological polar surface area (TPSA) is 108 Å². The van der Waals surface area contributed by atoms with Crippen LogP contribution in [0.1, 0.15) is 117 Å². The first-order chi connectivity index (χ1) is 19.4. The fourth-order valence-electron chi connectivity index (χ4n) is 6.08. The average molecular weight is 565 g/mol. The molecule has 228 valence electrons. The highest BCUT2D eigenvalue weighted by molar-refractivity contribution is 5.90. The summed E-state index contributed by atoms with van der Waals surface area (Å²) in [5.74, 6) is -0.972. The van der Waals surface area contributed by atoms with Crippen LogP contribution in [-0.2, 0) is 33.3 Å². The van der Waals surface area contributed by atoms with Crippen LogP contribution < -0.4 is 0 Å². The van der Waals surface area contributed by atoms with Crippen LogP contribution in [0.25, 0.3) is 0 Å². The standard InChI is InChI=1S/C32H52O8/c1-3-4-11-23(2)20-25(39-31-14-7-9-18-37-31)16-17-26-27(21-24(33)12-5-6-13-30(35)36)28(34)22-29(26)40-32-15-8-10-19-38-32/h16-17,23,25-27,29,31-32H,3-15,18-22H2,1-2H3,(H,35,36)/t23-,25+,26+,27+,29+,31?,32?/m0/s1. The summed E-state index contributed by atoms with van der Waals surface area (Å²) in [7, 11) is 0. The van der Waals surface area contributed by atoms with Crippen molar-refractivity contribution in [1.29, 1.82) is 0 Å². The maximum atomic E-state index is 13.2. The number of carboxylic acids is 1. The molecule has 2 saturated heterocycles. The van der Waals surface area contributed by atoms with Crippen molar-refractivity contribution in [2.24, 2.45) is 17.8 Å². The molecule has 3 aliphatic rings. The molecular formula is C32H52O8. The van der Waals surface area contributed by atoms with Crippen LogP contribution in [0.4, 0.5) is 0 Å². The minimum absolute atomic E-state index is 0.00768. The van der Waals surface area contributed by atoms with Gasteiger partial charge in [-0.05, 0) is 63.7 Å². The highest BCUT2D eigenvalue weighted by atomic mass is 16.7. The van der Waals surface area contributed by atoms with E-state index in [-0.39, 0.29) is 61.5 Å². The maximum Gasteiger partial charge on any atom is 0.303 e. The third-order valence-corrected chi connectivity index (χ3v) is 8.42. The van der Waals surface area contributed by atoms with Gasteiger partial charge in [-0.3, -0.25) is 14.4 Å². The van der Waals surface area contributed by atoms with Crippen molar-refractivity contribution in [3.63, 3.8) is 0 Å². The summed E-state index contributed by atoms with van der Waals surface area (Å²) >= 11 is 0. The van der Waals surface area contributed by atoms with Gasteiger partial charge in [0.1, 0.15) is 11.6 Å². The van der Waals surface area contributed by atoms with Crippen LogP contribution >= 0.6 is 0 Å². The zero-order valence-corrected chi connectivity index (χ0v) is 24.7. The van der Waals surface area contributed by atoms with Crippen molar-refractivity contribution in [3.8, 4) is 0 Å². The molecule has 2 heterocycles. The van der Waals surface area contributed by atoms with E-state index in [9.17, 15) is 14.4 Å². The number of hydrogen-bond acceptors (Lipinski definition) is 7. The minimum atomic E-state index is -0.854. The summed E-state index contributed by atoms with van der Waals surface area (Å²) in [5.41, 5.74) is 0. The lowest BCUT2D eigenvalue weighted by Crippen LogP contribution is -2.31. The molecule has 1 N–H and O–H groups in total. The molecule has 40 heavy (non-hydrogen) atoms. The van der Waals surface area contributed by atoms with E-state index in [0.29, 0.717) is 31.8 Å². The van der Waals surface area contributed by atoms with Gasteiger partial charge in [0.05, 0.1) is 12.2 Å². The zero-order chi connectivity index (χ0) is 28.7. The Balaban J connectivity index is 1.71. The third-order valence-electron chi connectivity index (χ3n) is 8.42. The number of hydrogen-bond donors (Lipinski definition) is 1. The van der Waals surface area contributed by atoms with E-state index in [1.165, 1.54) is 6.42 Å². The van der Waals surface area contributed by atoms with E-state index < -0.39 is 11.9 Å². The number of carbonyl (C=O) groups is 3. The summed E-state index contributed by atoms with van der Waals surface area (Å²) in [4.78, 5) is 36.9. The van der Waals surface area contributed by atoms with Crippen molar-refractivity contribution in [2.45, 2.75) is 141 Å². The second-order valence-electron chi connectivity index (χ2n) is 12.0. The first-order valence-electron chi connectivity index (χ1n) is 15.8. The van der Waals surface area contributed by atoms with Crippen LogP contribution in [0.15, 0.2) is 12.2 Å². The van der Waals surface area contributed by atoms with Gasteiger partial charge in [-0.1, -0.05) is 45.3 Å². The van der Waals surface area contributed by atoms with Crippen LogP contribution in [0.5, 0.6) is 0 Å². The third kappa shape index (κ3) is 11.7. The molecule has 1 aliphatic carbocycles. The van der Waals surface area contributed by atoms with Gasteiger partial charge in [-0.15, -0.1) is 0 Å². The Morgan fingerprint density at radius 2 is 1.73 bits per heavy atom. The van der Waals surface area contributed by atoms with Gasteiger partial charge < -0.3 is 24.1 Å². The summed E-state index contributed by atoms with van der Waals surface area (Å²) in [6, 6.07) is 0. The molecular weight excluding hydrogens is 512 g/mol. The van der Waals surface area contributed by atoms with Gasteiger partial charge in [-0.25, -0.2) is 0 Å². The van der Waals surface area contributed by atoms with Gasteiger partial charge in [0, 0.05) is 50.7 Å². The normalized spacial score (nSPS) is 29.1. The number of Topliss-reactive ketones (excluding diaryl/α,β-unsaturated/α-hetero) is 2. The van der Waals surface area contributed by atoms with Crippen LogP contribution in [-0.4, -0.2) is 60.6 Å². The van der Waals surface area contributed by atoms with Crippen LogP contribution in [0.2, 0.25) is 0 Å². The Morgan fingerprint density at radius 1 is 1.02 bits per heavy atom. The number of carboxylic acid groups (broad SMARTS) is 1. The average Bonchev–Trinajstić information content (AvgIpc) is 3.22. The highest BCUT2D eigenvalue weighted by Gasteiger charge is 2.43. The largest absolute Gasteiger partial charge is 0.481 e. The molecule has 3 fully saturated rings. The van der Waals surface area contributed by atoms with E-state index in [0.717, 1.165) is 64.4 Å². The van der Waals surface area contributed by atoms with Gasteiger partial charge >= 0.3 is 5.97 Å². The molecule has 2 aliphatic heterocycles. The van der Waals surface area contributed by atoms with E-state index in [1.807, 2.05) is 0 Å². The predicted molar refractivity (Wildman–Crippen MR) is 152 cm³/mol. The van der Waals surface area contributed by atoms with E-state index in [4.69, 9.17) is 24.1 Å². The SMILES string of the molecule is CCCC[C@H](C)C[C@@H](C=C[C@H]1[C@H](OC2CCCCO2)CC(=O)[C@@H]1CC(=O)CCCCC(=O)O)OC1CCCCO1. The second-order valence-corrected chi connectivity index (χ2v) is 12.0. The van der Waals surface area contributed by atoms with E-state index in [1.54, 1.807) is 0 Å².